The van der Waals surface area contributed by atoms with E-state index >= 15 is 0 Å². The average molecular weight is 297 g/mol. The first-order valence-electron chi connectivity index (χ1n) is 6.76. The van der Waals surface area contributed by atoms with Crippen LogP contribution in [0.3, 0.4) is 0 Å². The van der Waals surface area contributed by atoms with Gasteiger partial charge in [0.1, 0.15) is 5.82 Å². The number of ether oxygens (including phenoxy) is 1. The molecule has 0 aromatic heterocycles. The number of rotatable bonds is 8. The third-order valence-corrected chi connectivity index (χ3v) is 2.47. The topological polar surface area (TPSA) is 79.5 Å². The van der Waals surface area contributed by atoms with Crippen LogP contribution < -0.4 is 16.0 Å². The Kier molecular flexibility index (Phi) is 7.81. The SMILES string of the molecule is CCOCCCNC(=O)NCC(=O)Nc1cccc(F)c1. The first kappa shape index (κ1) is 16.9. The smallest absolute Gasteiger partial charge is 0.315 e. The van der Waals surface area contributed by atoms with Crippen LogP contribution in [0.5, 0.6) is 0 Å². The van der Waals surface area contributed by atoms with E-state index in [1.807, 2.05) is 6.92 Å². The van der Waals surface area contributed by atoms with Gasteiger partial charge in [-0.15, -0.1) is 0 Å². The van der Waals surface area contributed by atoms with Crippen molar-refractivity contribution in [3.63, 3.8) is 0 Å². The van der Waals surface area contributed by atoms with Gasteiger partial charge in [0.15, 0.2) is 0 Å². The van der Waals surface area contributed by atoms with E-state index in [4.69, 9.17) is 4.74 Å². The zero-order chi connectivity index (χ0) is 15.5. The molecular formula is C14H20FN3O3. The van der Waals surface area contributed by atoms with Crippen LogP contribution in [-0.4, -0.2) is 38.2 Å². The Morgan fingerprint density at radius 2 is 2.10 bits per heavy atom. The lowest BCUT2D eigenvalue weighted by atomic mass is 10.3. The molecule has 7 heteroatoms. The van der Waals surface area contributed by atoms with Crippen molar-refractivity contribution in [2.45, 2.75) is 13.3 Å². The van der Waals surface area contributed by atoms with Crippen molar-refractivity contribution in [3.05, 3.63) is 30.1 Å². The van der Waals surface area contributed by atoms with E-state index < -0.39 is 17.8 Å². The molecule has 0 fully saturated rings. The van der Waals surface area contributed by atoms with Gasteiger partial charge in [-0.3, -0.25) is 4.79 Å². The molecule has 21 heavy (non-hydrogen) atoms. The molecule has 3 amide bonds. The van der Waals surface area contributed by atoms with E-state index in [1.165, 1.54) is 18.2 Å². The molecule has 116 valence electrons. The third-order valence-electron chi connectivity index (χ3n) is 2.47. The second kappa shape index (κ2) is 9.71. The summed E-state index contributed by atoms with van der Waals surface area (Å²) in [6.07, 6.45) is 0.705. The predicted molar refractivity (Wildman–Crippen MR) is 77.5 cm³/mol. The fraction of sp³-hybridized carbons (Fsp3) is 0.429. The summed E-state index contributed by atoms with van der Waals surface area (Å²) in [7, 11) is 0. The molecular weight excluding hydrogens is 277 g/mol. The number of urea groups is 1. The molecule has 1 rings (SSSR count). The molecule has 0 aliphatic rings. The number of carbonyl (C=O) groups excluding carboxylic acids is 2. The van der Waals surface area contributed by atoms with E-state index in [2.05, 4.69) is 16.0 Å². The summed E-state index contributed by atoms with van der Waals surface area (Å²) >= 11 is 0. The summed E-state index contributed by atoms with van der Waals surface area (Å²) in [6, 6.07) is 5.11. The second-order valence-electron chi connectivity index (χ2n) is 4.22. The Labute approximate surface area is 123 Å². The minimum absolute atomic E-state index is 0.187. The summed E-state index contributed by atoms with van der Waals surface area (Å²) in [4.78, 5) is 22.9. The molecule has 3 N–H and O–H groups in total. The first-order valence-corrected chi connectivity index (χ1v) is 6.76. The molecule has 0 spiro atoms. The highest BCUT2D eigenvalue weighted by Crippen LogP contribution is 2.08. The first-order chi connectivity index (χ1) is 10.1. The summed E-state index contributed by atoms with van der Waals surface area (Å²) in [5.41, 5.74) is 0.346. The van der Waals surface area contributed by atoms with E-state index in [1.54, 1.807) is 6.07 Å². The van der Waals surface area contributed by atoms with E-state index in [0.717, 1.165) is 0 Å². The van der Waals surface area contributed by atoms with Crippen LogP contribution in [0.25, 0.3) is 0 Å². The fourth-order valence-electron chi connectivity index (χ4n) is 1.51. The number of hydrogen-bond donors (Lipinski definition) is 3. The normalized spacial score (nSPS) is 10.0. The molecule has 0 atom stereocenters. The number of carbonyl (C=O) groups is 2. The van der Waals surface area contributed by atoms with Gasteiger partial charge in [-0.2, -0.15) is 0 Å². The van der Waals surface area contributed by atoms with Crippen molar-refractivity contribution in [1.29, 1.82) is 0 Å². The van der Waals surface area contributed by atoms with Gasteiger partial charge in [0.05, 0.1) is 6.54 Å². The van der Waals surface area contributed by atoms with Crippen LogP contribution in [0, 0.1) is 5.82 Å². The Hall–Kier alpha value is -2.15. The number of hydrogen-bond acceptors (Lipinski definition) is 3. The van der Waals surface area contributed by atoms with Gasteiger partial charge in [-0.05, 0) is 31.5 Å². The van der Waals surface area contributed by atoms with Crippen molar-refractivity contribution < 1.29 is 18.7 Å². The van der Waals surface area contributed by atoms with Crippen LogP contribution in [0.1, 0.15) is 13.3 Å². The van der Waals surface area contributed by atoms with E-state index in [0.29, 0.717) is 31.9 Å². The molecule has 0 aliphatic heterocycles. The van der Waals surface area contributed by atoms with Gasteiger partial charge in [0, 0.05) is 25.4 Å². The molecule has 0 saturated carbocycles. The standard InChI is InChI=1S/C14H20FN3O3/c1-2-21-8-4-7-16-14(20)17-10-13(19)18-12-6-3-5-11(15)9-12/h3,5-6,9H,2,4,7-8,10H2,1H3,(H,18,19)(H2,16,17,20). The maximum Gasteiger partial charge on any atom is 0.315 e. The highest BCUT2D eigenvalue weighted by atomic mass is 19.1. The third kappa shape index (κ3) is 7.88. The van der Waals surface area contributed by atoms with Crippen molar-refractivity contribution in [2.24, 2.45) is 0 Å². The Balaban J connectivity index is 2.16. The monoisotopic (exact) mass is 297 g/mol. The maximum absolute atomic E-state index is 12.9. The molecule has 0 unspecified atom stereocenters. The Morgan fingerprint density at radius 1 is 1.29 bits per heavy atom. The summed E-state index contributed by atoms with van der Waals surface area (Å²) in [5.74, 6) is -0.863. The van der Waals surface area contributed by atoms with Crippen LogP contribution in [0.4, 0.5) is 14.9 Å². The van der Waals surface area contributed by atoms with Crippen molar-refractivity contribution in [1.82, 2.24) is 10.6 Å². The van der Waals surface area contributed by atoms with Gasteiger partial charge >= 0.3 is 6.03 Å². The molecule has 1 aromatic carbocycles. The zero-order valence-electron chi connectivity index (χ0n) is 11.9. The van der Waals surface area contributed by atoms with Crippen LogP contribution in [0.2, 0.25) is 0 Å². The summed E-state index contributed by atoms with van der Waals surface area (Å²) in [5, 5.41) is 7.49. The molecule has 0 saturated heterocycles. The minimum Gasteiger partial charge on any atom is -0.382 e. The zero-order valence-corrected chi connectivity index (χ0v) is 11.9. The molecule has 1 aromatic rings. The molecule has 6 nitrogen and oxygen atoms in total. The molecule has 0 heterocycles. The van der Waals surface area contributed by atoms with Crippen molar-refractivity contribution in [2.75, 3.05) is 31.6 Å². The van der Waals surface area contributed by atoms with Gasteiger partial charge in [-0.25, -0.2) is 9.18 Å². The number of halogens is 1. The Bertz CT molecular complexity index is 469. The summed E-state index contributed by atoms with van der Waals surface area (Å²) < 4.78 is 18.0. The number of benzene rings is 1. The van der Waals surface area contributed by atoms with Gasteiger partial charge < -0.3 is 20.7 Å². The second-order valence-corrected chi connectivity index (χ2v) is 4.22. The summed E-state index contributed by atoms with van der Waals surface area (Å²) in [6.45, 7) is 3.41. The number of anilines is 1. The average Bonchev–Trinajstić information content (AvgIpc) is 2.45. The Morgan fingerprint density at radius 3 is 2.81 bits per heavy atom. The van der Waals surface area contributed by atoms with Crippen molar-refractivity contribution >= 4 is 17.6 Å². The minimum atomic E-state index is -0.437. The largest absolute Gasteiger partial charge is 0.382 e. The van der Waals surface area contributed by atoms with Gasteiger partial charge in [-0.1, -0.05) is 6.07 Å². The molecule has 0 bridgehead atoms. The van der Waals surface area contributed by atoms with Crippen LogP contribution in [0.15, 0.2) is 24.3 Å². The lowest BCUT2D eigenvalue weighted by Gasteiger charge is -2.08. The maximum atomic E-state index is 12.9. The highest BCUT2D eigenvalue weighted by molar-refractivity contribution is 5.94. The lowest BCUT2D eigenvalue weighted by Crippen LogP contribution is -2.40. The quantitative estimate of drug-likeness (QED) is 0.636. The fourth-order valence-corrected chi connectivity index (χ4v) is 1.51. The van der Waals surface area contributed by atoms with Crippen molar-refractivity contribution in [3.8, 4) is 0 Å². The number of nitrogens with one attached hydrogen (secondary N) is 3. The van der Waals surface area contributed by atoms with Crippen LogP contribution >= 0.6 is 0 Å². The van der Waals surface area contributed by atoms with E-state index in [9.17, 15) is 14.0 Å². The molecule has 0 aliphatic carbocycles. The highest BCUT2D eigenvalue weighted by Gasteiger charge is 2.05. The molecule has 0 radical (unpaired) electrons. The predicted octanol–water partition coefficient (Wildman–Crippen LogP) is 1.49. The number of amides is 3. The van der Waals surface area contributed by atoms with Gasteiger partial charge in [0.2, 0.25) is 5.91 Å². The van der Waals surface area contributed by atoms with E-state index in [-0.39, 0.29) is 6.54 Å². The van der Waals surface area contributed by atoms with Gasteiger partial charge in [0.25, 0.3) is 0 Å². The van der Waals surface area contributed by atoms with Crippen LogP contribution in [-0.2, 0) is 9.53 Å². The lowest BCUT2D eigenvalue weighted by molar-refractivity contribution is -0.115.